The highest BCUT2D eigenvalue weighted by Gasteiger charge is 2.21. The molecule has 3 rings (SSSR count). The standard InChI is InChI=1S/C21H21NO6/c1-12-15-10-14(22-19(23)11-25-2)6-8-16(15)28-21(12)20(24)13-5-7-17(26-3)18(9-13)27-4/h5-10H,11H2,1-4H3,(H,22,23). The van der Waals surface area contributed by atoms with Crippen molar-refractivity contribution in [3.8, 4) is 11.5 Å². The van der Waals surface area contributed by atoms with Crippen LogP contribution >= 0.6 is 0 Å². The first-order valence-corrected chi connectivity index (χ1v) is 8.57. The van der Waals surface area contributed by atoms with Gasteiger partial charge >= 0.3 is 0 Å². The summed E-state index contributed by atoms with van der Waals surface area (Å²) in [6, 6.07) is 10.1. The molecule has 0 aliphatic carbocycles. The lowest BCUT2D eigenvalue weighted by Gasteiger charge is -2.08. The van der Waals surface area contributed by atoms with E-state index in [2.05, 4.69) is 5.32 Å². The molecule has 0 radical (unpaired) electrons. The smallest absolute Gasteiger partial charge is 0.250 e. The van der Waals surface area contributed by atoms with Crippen LogP contribution in [0.1, 0.15) is 21.7 Å². The third kappa shape index (κ3) is 3.70. The molecule has 2 aromatic carbocycles. The predicted octanol–water partition coefficient (Wildman–Crippen LogP) is 3.57. The van der Waals surface area contributed by atoms with Gasteiger partial charge in [-0.05, 0) is 43.3 Å². The molecule has 7 heteroatoms. The van der Waals surface area contributed by atoms with Gasteiger partial charge in [-0.3, -0.25) is 9.59 Å². The van der Waals surface area contributed by atoms with Crippen molar-refractivity contribution in [2.24, 2.45) is 0 Å². The van der Waals surface area contributed by atoms with Crippen LogP contribution in [0.25, 0.3) is 11.0 Å². The van der Waals surface area contributed by atoms with Crippen LogP contribution in [0, 0.1) is 6.92 Å². The maximum absolute atomic E-state index is 13.0. The molecule has 7 nitrogen and oxygen atoms in total. The minimum absolute atomic E-state index is 0.0363. The lowest BCUT2D eigenvalue weighted by Crippen LogP contribution is -2.16. The first-order chi connectivity index (χ1) is 13.5. The van der Waals surface area contributed by atoms with Gasteiger partial charge in [-0.1, -0.05) is 0 Å². The molecule has 1 N–H and O–H groups in total. The highest BCUT2D eigenvalue weighted by molar-refractivity contribution is 6.11. The Morgan fingerprint density at radius 2 is 1.75 bits per heavy atom. The Bertz CT molecular complexity index is 1040. The molecule has 0 unspecified atom stereocenters. The first kappa shape index (κ1) is 19.4. The number of carbonyl (C=O) groups is 2. The number of anilines is 1. The fourth-order valence-electron chi connectivity index (χ4n) is 2.95. The summed E-state index contributed by atoms with van der Waals surface area (Å²) in [5.74, 6) is 0.717. The van der Waals surface area contributed by atoms with Crippen LogP contribution in [-0.2, 0) is 9.53 Å². The van der Waals surface area contributed by atoms with Gasteiger partial charge < -0.3 is 23.9 Å². The summed E-state index contributed by atoms with van der Waals surface area (Å²) in [7, 11) is 4.50. The molecular weight excluding hydrogens is 362 g/mol. The summed E-state index contributed by atoms with van der Waals surface area (Å²) in [5, 5.41) is 3.49. The van der Waals surface area contributed by atoms with Crippen molar-refractivity contribution >= 4 is 28.3 Å². The van der Waals surface area contributed by atoms with Crippen molar-refractivity contribution in [1.29, 1.82) is 0 Å². The lowest BCUT2D eigenvalue weighted by atomic mass is 10.0. The Morgan fingerprint density at radius 1 is 1.00 bits per heavy atom. The van der Waals surface area contributed by atoms with Crippen molar-refractivity contribution in [2.75, 3.05) is 33.3 Å². The fraction of sp³-hybridized carbons (Fsp3) is 0.238. The van der Waals surface area contributed by atoms with Gasteiger partial charge in [0.15, 0.2) is 17.3 Å². The second kappa shape index (κ2) is 8.14. The predicted molar refractivity (Wildman–Crippen MR) is 104 cm³/mol. The quantitative estimate of drug-likeness (QED) is 0.628. The molecule has 28 heavy (non-hydrogen) atoms. The summed E-state index contributed by atoms with van der Waals surface area (Å²) in [6.45, 7) is 1.77. The SMILES string of the molecule is COCC(=O)Nc1ccc2oc(C(=O)c3ccc(OC)c(OC)c3)c(C)c2c1. The summed E-state index contributed by atoms with van der Waals surface area (Å²) < 4.78 is 21.1. The van der Waals surface area contributed by atoms with Crippen LogP contribution in [0.4, 0.5) is 5.69 Å². The number of hydrogen-bond acceptors (Lipinski definition) is 6. The van der Waals surface area contributed by atoms with E-state index in [0.29, 0.717) is 33.9 Å². The van der Waals surface area contributed by atoms with Gasteiger partial charge in [0.1, 0.15) is 12.2 Å². The molecule has 1 amide bonds. The van der Waals surface area contributed by atoms with E-state index in [9.17, 15) is 9.59 Å². The number of fused-ring (bicyclic) bond motifs is 1. The minimum Gasteiger partial charge on any atom is -0.493 e. The third-order valence-corrected chi connectivity index (χ3v) is 4.35. The number of nitrogens with one attached hydrogen (secondary N) is 1. The number of amides is 1. The number of methoxy groups -OCH3 is 3. The zero-order chi connectivity index (χ0) is 20.3. The van der Waals surface area contributed by atoms with Crippen LogP contribution in [-0.4, -0.2) is 39.6 Å². The van der Waals surface area contributed by atoms with Crippen LogP contribution in [0.3, 0.4) is 0 Å². The summed E-state index contributed by atoms with van der Waals surface area (Å²) in [4.78, 5) is 24.7. The van der Waals surface area contributed by atoms with Gasteiger partial charge in [0, 0.05) is 29.3 Å². The van der Waals surface area contributed by atoms with Crippen molar-refractivity contribution in [3.05, 3.63) is 53.3 Å². The molecule has 0 aliphatic rings. The Kier molecular flexibility index (Phi) is 5.65. The summed E-state index contributed by atoms with van der Waals surface area (Å²) in [5.41, 5.74) is 2.28. The maximum Gasteiger partial charge on any atom is 0.250 e. The van der Waals surface area contributed by atoms with Crippen LogP contribution < -0.4 is 14.8 Å². The van der Waals surface area contributed by atoms with Crippen LogP contribution in [0.2, 0.25) is 0 Å². The second-order valence-corrected chi connectivity index (χ2v) is 6.15. The average Bonchev–Trinajstić information content (AvgIpc) is 3.03. The molecule has 0 saturated heterocycles. The molecule has 146 valence electrons. The van der Waals surface area contributed by atoms with E-state index in [0.717, 1.165) is 5.39 Å². The average molecular weight is 383 g/mol. The largest absolute Gasteiger partial charge is 0.493 e. The minimum atomic E-state index is -0.264. The second-order valence-electron chi connectivity index (χ2n) is 6.15. The lowest BCUT2D eigenvalue weighted by molar-refractivity contribution is -0.119. The monoisotopic (exact) mass is 383 g/mol. The molecule has 0 saturated carbocycles. The number of benzene rings is 2. The number of ketones is 1. The van der Waals surface area contributed by atoms with Crippen molar-refractivity contribution in [1.82, 2.24) is 0 Å². The van der Waals surface area contributed by atoms with Gasteiger partial charge in [-0.15, -0.1) is 0 Å². The Morgan fingerprint density at radius 3 is 2.43 bits per heavy atom. The molecule has 0 fully saturated rings. The molecule has 0 bridgehead atoms. The highest BCUT2D eigenvalue weighted by Crippen LogP contribution is 2.32. The molecule has 3 aromatic rings. The highest BCUT2D eigenvalue weighted by atomic mass is 16.5. The maximum atomic E-state index is 13.0. The molecular formula is C21H21NO6. The van der Waals surface area contributed by atoms with Crippen LogP contribution in [0.15, 0.2) is 40.8 Å². The topological polar surface area (TPSA) is 87.0 Å². The van der Waals surface area contributed by atoms with E-state index in [-0.39, 0.29) is 24.1 Å². The van der Waals surface area contributed by atoms with E-state index in [1.54, 1.807) is 43.3 Å². The van der Waals surface area contributed by atoms with Crippen molar-refractivity contribution in [2.45, 2.75) is 6.92 Å². The normalized spacial score (nSPS) is 10.7. The van der Waals surface area contributed by atoms with Crippen molar-refractivity contribution in [3.63, 3.8) is 0 Å². The molecule has 1 aromatic heterocycles. The number of carbonyl (C=O) groups excluding carboxylic acids is 2. The Hall–Kier alpha value is -3.32. The van der Waals surface area contributed by atoms with Gasteiger partial charge in [0.05, 0.1) is 14.2 Å². The van der Waals surface area contributed by atoms with E-state index in [4.69, 9.17) is 18.6 Å². The zero-order valence-corrected chi connectivity index (χ0v) is 16.1. The van der Waals surface area contributed by atoms with Gasteiger partial charge in [0.25, 0.3) is 0 Å². The van der Waals surface area contributed by atoms with E-state index in [1.807, 2.05) is 0 Å². The number of rotatable bonds is 7. The molecule has 0 atom stereocenters. The number of hydrogen-bond donors (Lipinski definition) is 1. The number of furan rings is 1. The Balaban J connectivity index is 1.96. The molecule has 1 heterocycles. The van der Waals surface area contributed by atoms with Crippen LogP contribution in [0.5, 0.6) is 11.5 Å². The summed E-state index contributed by atoms with van der Waals surface area (Å²) >= 11 is 0. The van der Waals surface area contributed by atoms with Gasteiger partial charge in [0.2, 0.25) is 11.7 Å². The fourth-order valence-corrected chi connectivity index (χ4v) is 2.95. The number of ether oxygens (including phenoxy) is 3. The molecule has 0 spiro atoms. The van der Waals surface area contributed by atoms with E-state index >= 15 is 0 Å². The molecule has 0 aliphatic heterocycles. The first-order valence-electron chi connectivity index (χ1n) is 8.57. The van der Waals surface area contributed by atoms with E-state index < -0.39 is 0 Å². The number of aryl methyl sites for hydroxylation is 1. The van der Waals surface area contributed by atoms with Gasteiger partial charge in [-0.25, -0.2) is 0 Å². The Labute approximate surface area is 162 Å². The van der Waals surface area contributed by atoms with Crippen molar-refractivity contribution < 1.29 is 28.2 Å². The van der Waals surface area contributed by atoms with Gasteiger partial charge in [-0.2, -0.15) is 0 Å². The van der Waals surface area contributed by atoms with E-state index in [1.165, 1.54) is 21.3 Å². The zero-order valence-electron chi connectivity index (χ0n) is 16.1. The third-order valence-electron chi connectivity index (χ3n) is 4.35. The summed E-state index contributed by atoms with van der Waals surface area (Å²) in [6.07, 6.45) is 0.